The molecule has 1 aliphatic heterocycles. The van der Waals surface area contributed by atoms with Gasteiger partial charge in [0.1, 0.15) is 0 Å². The second-order valence-electron chi connectivity index (χ2n) is 5.10. The first-order valence-electron chi connectivity index (χ1n) is 6.42. The molecule has 0 bridgehead atoms. The number of benzene rings is 1. The van der Waals surface area contributed by atoms with Crippen molar-refractivity contribution in [3.63, 3.8) is 0 Å². The lowest BCUT2D eigenvalue weighted by molar-refractivity contribution is -0.122. The van der Waals surface area contributed by atoms with Crippen LogP contribution in [0.15, 0.2) is 24.3 Å². The maximum Gasteiger partial charge on any atom is 0.237 e. The van der Waals surface area contributed by atoms with Gasteiger partial charge < -0.3 is 5.73 Å². The minimum Gasteiger partial charge on any atom is -0.399 e. The zero-order valence-electron chi connectivity index (χ0n) is 10.1. The number of hydrogen-bond donors (Lipinski definition) is 1. The minimum atomic E-state index is -0.104. The average Bonchev–Trinajstić information content (AvgIpc) is 2.63. The molecule has 1 heterocycles. The molecule has 2 unspecified atom stereocenters. The smallest absolute Gasteiger partial charge is 0.237 e. The predicted octanol–water partition coefficient (Wildman–Crippen LogP) is 1.95. The third kappa shape index (κ3) is 1.60. The summed E-state index contributed by atoms with van der Waals surface area (Å²) in [7, 11) is 0. The van der Waals surface area contributed by atoms with Gasteiger partial charge in [-0.3, -0.25) is 9.59 Å². The van der Waals surface area contributed by atoms with E-state index in [2.05, 4.69) is 0 Å². The fourth-order valence-electron chi connectivity index (χ4n) is 3.08. The Morgan fingerprint density at radius 2 is 1.67 bits per heavy atom. The van der Waals surface area contributed by atoms with Crippen LogP contribution in [0.4, 0.5) is 11.4 Å². The lowest BCUT2D eigenvalue weighted by Crippen LogP contribution is -2.30. The summed E-state index contributed by atoms with van der Waals surface area (Å²) in [5.41, 5.74) is 6.90. The molecular formula is C14H16N2O2. The highest BCUT2D eigenvalue weighted by molar-refractivity contribution is 6.22. The first-order chi connectivity index (χ1) is 8.68. The van der Waals surface area contributed by atoms with Gasteiger partial charge >= 0.3 is 0 Å². The van der Waals surface area contributed by atoms with Crippen LogP contribution in [0.5, 0.6) is 0 Å². The van der Waals surface area contributed by atoms with E-state index in [0.29, 0.717) is 11.4 Å². The summed E-state index contributed by atoms with van der Waals surface area (Å²) in [6.45, 7) is 0. The number of nitrogens with zero attached hydrogens (tertiary/aromatic N) is 1. The second kappa shape index (κ2) is 4.12. The van der Waals surface area contributed by atoms with E-state index in [1.807, 2.05) is 0 Å². The molecule has 4 nitrogen and oxygen atoms in total. The quantitative estimate of drug-likeness (QED) is 0.606. The Morgan fingerprint density at radius 3 is 2.22 bits per heavy atom. The van der Waals surface area contributed by atoms with Gasteiger partial charge in [-0.2, -0.15) is 0 Å². The van der Waals surface area contributed by atoms with Crippen molar-refractivity contribution < 1.29 is 9.59 Å². The molecule has 1 aromatic carbocycles. The Bertz CT molecular complexity index is 488. The monoisotopic (exact) mass is 244 g/mol. The van der Waals surface area contributed by atoms with Crippen LogP contribution < -0.4 is 10.6 Å². The van der Waals surface area contributed by atoms with Crippen molar-refractivity contribution in [2.45, 2.75) is 25.7 Å². The van der Waals surface area contributed by atoms with Crippen molar-refractivity contribution in [2.24, 2.45) is 11.8 Å². The molecule has 1 aromatic rings. The lowest BCUT2D eigenvalue weighted by atomic mass is 9.81. The Balaban J connectivity index is 1.97. The molecule has 4 heteroatoms. The van der Waals surface area contributed by atoms with Crippen LogP contribution in [0.1, 0.15) is 25.7 Å². The summed E-state index contributed by atoms with van der Waals surface area (Å²) in [6, 6.07) is 6.98. The second-order valence-corrected chi connectivity index (χ2v) is 5.10. The number of anilines is 2. The third-order valence-electron chi connectivity index (χ3n) is 3.97. The number of nitrogen functional groups attached to an aromatic ring is 1. The zero-order valence-corrected chi connectivity index (χ0v) is 10.1. The first-order valence-corrected chi connectivity index (χ1v) is 6.42. The SMILES string of the molecule is Nc1cccc(N2C(=O)C3CCCCC3C2=O)c1. The van der Waals surface area contributed by atoms with Gasteiger partial charge in [0.25, 0.3) is 0 Å². The van der Waals surface area contributed by atoms with Gasteiger partial charge in [0, 0.05) is 5.69 Å². The normalized spacial score (nSPS) is 27.4. The molecule has 1 saturated heterocycles. The highest BCUT2D eigenvalue weighted by atomic mass is 16.2. The molecule has 1 aliphatic carbocycles. The van der Waals surface area contributed by atoms with E-state index in [4.69, 9.17) is 5.73 Å². The molecule has 0 radical (unpaired) electrons. The standard InChI is InChI=1S/C14H16N2O2/c15-9-4-3-5-10(8-9)16-13(17)11-6-1-2-7-12(11)14(16)18/h3-5,8,11-12H,1-2,6-7,15H2. The molecular weight excluding hydrogens is 228 g/mol. The minimum absolute atomic E-state index is 0.0460. The molecule has 94 valence electrons. The maximum absolute atomic E-state index is 12.3. The van der Waals surface area contributed by atoms with Crippen LogP contribution in [-0.2, 0) is 9.59 Å². The fraction of sp³-hybridized carbons (Fsp3) is 0.429. The van der Waals surface area contributed by atoms with E-state index in [0.717, 1.165) is 25.7 Å². The summed E-state index contributed by atoms with van der Waals surface area (Å²) >= 11 is 0. The van der Waals surface area contributed by atoms with Gasteiger partial charge in [0.05, 0.1) is 17.5 Å². The fourth-order valence-corrected chi connectivity index (χ4v) is 3.08. The van der Waals surface area contributed by atoms with E-state index in [1.165, 1.54) is 4.90 Å². The van der Waals surface area contributed by atoms with Crippen molar-refractivity contribution in [3.05, 3.63) is 24.3 Å². The summed E-state index contributed by atoms with van der Waals surface area (Å²) in [5.74, 6) is -0.300. The summed E-state index contributed by atoms with van der Waals surface area (Å²) in [4.78, 5) is 26.0. The van der Waals surface area contributed by atoms with Crippen molar-refractivity contribution in [2.75, 3.05) is 10.6 Å². The summed E-state index contributed by atoms with van der Waals surface area (Å²) < 4.78 is 0. The Morgan fingerprint density at radius 1 is 1.06 bits per heavy atom. The molecule has 0 spiro atoms. The molecule has 2 fully saturated rings. The third-order valence-corrected chi connectivity index (χ3v) is 3.97. The van der Waals surface area contributed by atoms with E-state index in [-0.39, 0.29) is 23.7 Å². The number of hydrogen-bond acceptors (Lipinski definition) is 3. The van der Waals surface area contributed by atoms with Crippen molar-refractivity contribution in [1.29, 1.82) is 0 Å². The number of rotatable bonds is 1. The van der Waals surface area contributed by atoms with Crippen LogP contribution >= 0.6 is 0 Å². The van der Waals surface area contributed by atoms with Crippen LogP contribution in [0.2, 0.25) is 0 Å². The van der Waals surface area contributed by atoms with Gasteiger partial charge in [-0.15, -0.1) is 0 Å². The number of nitrogens with two attached hydrogens (primary N) is 1. The topological polar surface area (TPSA) is 63.4 Å². The van der Waals surface area contributed by atoms with E-state index in [1.54, 1.807) is 24.3 Å². The Hall–Kier alpha value is -1.84. The highest BCUT2D eigenvalue weighted by Gasteiger charge is 2.48. The summed E-state index contributed by atoms with van der Waals surface area (Å²) in [5, 5.41) is 0. The van der Waals surface area contributed by atoms with Crippen molar-refractivity contribution >= 4 is 23.2 Å². The summed E-state index contributed by atoms with van der Waals surface area (Å²) in [6.07, 6.45) is 3.78. The van der Waals surface area contributed by atoms with E-state index in [9.17, 15) is 9.59 Å². The molecule has 1 saturated carbocycles. The van der Waals surface area contributed by atoms with E-state index >= 15 is 0 Å². The van der Waals surface area contributed by atoms with Gasteiger partial charge in [-0.05, 0) is 31.0 Å². The number of carbonyl (C=O) groups is 2. The van der Waals surface area contributed by atoms with Gasteiger partial charge in [0.2, 0.25) is 11.8 Å². The molecule has 2 atom stereocenters. The number of imide groups is 1. The molecule has 3 rings (SSSR count). The molecule has 2 aliphatic rings. The largest absolute Gasteiger partial charge is 0.399 e. The van der Waals surface area contributed by atoms with Crippen LogP contribution in [-0.4, -0.2) is 11.8 Å². The van der Waals surface area contributed by atoms with Gasteiger partial charge in [-0.1, -0.05) is 18.9 Å². The Kier molecular flexibility index (Phi) is 2.58. The number of fused-ring (bicyclic) bond motifs is 1. The first kappa shape index (κ1) is 11.3. The van der Waals surface area contributed by atoms with E-state index < -0.39 is 0 Å². The maximum atomic E-state index is 12.3. The van der Waals surface area contributed by atoms with Crippen LogP contribution in [0, 0.1) is 11.8 Å². The average molecular weight is 244 g/mol. The van der Waals surface area contributed by atoms with Gasteiger partial charge in [0.15, 0.2) is 0 Å². The van der Waals surface area contributed by atoms with Crippen molar-refractivity contribution in [1.82, 2.24) is 0 Å². The number of amides is 2. The molecule has 2 N–H and O–H groups in total. The lowest BCUT2D eigenvalue weighted by Gasteiger charge is -2.19. The predicted molar refractivity (Wildman–Crippen MR) is 68.8 cm³/mol. The molecule has 18 heavy (non-hydrogen) atoms. The molecule has 0 aromatic heterocycles. The van der Waals surface area contributed by atoms with Gasteiger partial charge in [-0.25, -0.2) is 4.90 Å². The Labute approximate surface area is 106 Å². The zero-order chi connectivity index (χ0) is 12.7. The van der Waals surface area contributed by atoms with Crippen LogP contribution in [0.3, 0.4) is 0 Å². The van der Waals surface area contributed by atoms with Crippen LogP contribution in [0.25, 0.3) is 0 Å². The highest BCUT2D eigenvalue weighted by Crippen LogP contribution is 2.40. The molecule has 2 amide bonds. The van der Waals surface area contributed by atoms with Crippen molar-refractivity contribution in [3.8, 4) is 0 Å². The number of carbonyl (C=O) groups excluding carboxylic acids is 2.